The lowest BCUT2D eigenvalue weighted by atomic mass is 9.87. The van der Waals surface area contributed by atoms with Gasteiger partial charge in [-0.2, -0.15) is 0 Å². The third-order valence-electron chi connectivity index (χ3n) is 3.47. The van der Waals surface area contributed by atoms with Gasteiger partial charge in [-0.15, -0.1) is 11.3 Å². The van der Waals surface area contributed by atoms with E-state index in [0.717, 1.165) is 23.2 Å². The molecule has 2 aromatic rings. The molecule has 5 nitrogen and oxygen atoms in total. The highest BCUT2D eigenvalue weighted by atomic mass is 32.1. The van der Waals surface area contributed by atoms with Gasteiger partial charge in [0.2, 0.25) is 0 Å². The summed E-state index contributed by atoms with van der Waals surface area (Å²) in [6, 6.07) is 0. The lowest BCUT2D eigenvalue weighted by Gasteiger charge is -2.20. The molecule has 0 saturated heterocycles. The van der Waals surface area contributed by atoms with Gasteiger partial charge in [0.15, 0.2) is 0 Å². The van der Waals surface area contributed by atoms with Crippen LogP contribution in [0.5, 0.6) is 0 Å². The van der Waals surface area contributed by atoms with Crippen LogP contribution < -0.4 is 5.56 Å². The van der Waals surface area contributed by atoms with Crippen molar-refractivity contribution >= 4 is 27.5 Å². The van der Waals surface area contributed by atoms with Gasteiger partial charge >= 0.3 is 5.97 Å². The van der Waals surface area contributed by atoms with Crippen LogP contribution >= 0.6 is 11.3 Å². The van der Waals surface area contributed by atoms with Crippen molar-refractivity contribution < 1.29 is 9.53 Å². The fourth-order valence-electron chi connectivity index (χ4n) is 2.58. The Morgan fingerprint density at radius 2 is 2.47 bits per heavy atom. The molecule has 0 fully saturated rings. The number of nitrogens with one attached hydrogen (secondary N) is 1. The van der Waals surface area contributed by atoms with Gasteiger partial charge in [-0.05, 0) is 31.7 Å². The minimum absolute atomic E-state index is 0.119. The van der Waals surface area contributed by atoms with Gasteiger partial charge in [0, 0.05) is 4.88 Å². The molecule has 1 aliphatic rings. The first-order chi connectivity index (χ1) is 9.20. The molecule has 19 heavy (non-hydrogen) atoms. The first-order valence-corrected chi connectivity index (χ1v) is 7.17. The zero-order chi connectivity index (χ0) is 13.4. The summed E-state index contributed by atoms with van der Waals surface area (Å²) in [5.41, 5.74) is 0.866. The molecule has 0 saturated carbocycles. The largest absolute Gasteiger partial charge is 0.466 e. The molecule has 0 unspecified atom stereocenters. The molecule has 1 N–H and O–H groups in total. The second-order valence-electron chi connectivity index (χ2n) is 4.61. The molecule has 0 spiro atoms. The van der Waals surface area contributed by atoms with E-state index in [4.69, 9.17) is 4.74 Å². The second kappa shape index (κ2) is 4.77. The number of aromatic amines is 1. The lowest BCUT2D eigenvalue weighted by Crippen LogP contribution is -2.24. The maximum atomic E-state index is 11.9. The van der Waals surface area contributed by atoms with Crippen molar-refractivity contribution in [3.05, 3.63) is 27.1 Å². The highest BCUT2D eigenvalue weighted by Gasteiger charge is 2.29. The number of carbonyl (C=O) groups excluding carboxylic acids is 1. The Balaban J connectivity index is 2.02. The number of thiophene rings is 1. The Morgan fingerprint density at radius 3 is 3.26 bits per heavy atom. The van der Waals surface area contributed by atoms with E-state index in [-0.39, 0.29) is 17.4 Å². The lowest BCUT2D eigenvalue weighted by molar-refractivity contribution is -0.148. The Kier molecular flexibility index (Phi) is 3.10. The number of fused-ring (bicyclic) bond motifs is 3. The molecular weight excluding hydrogens is 264 g/mol. The summed E-state index contributed by atoms with van der Waals surface area (Å²) in [6.07, 6.45) is 3.62. The zero-order valence-corrected chi connectivity index (χ0v) is 11.4. The first-order valence-electron chi connectivity index (χ1n) is 6.35. The molecule has 6 heteroatoms. The van der Waals surface area contributed by atoms with Crippen molar-refractivity contribution in [2.45, 2.75) is 26.2 Å². The average Bonchev–Trinajstić information content (AvgIpc) is 2.77. The number of hydrogen-bond acceptors (Lipinski definition) is 5. The number of H-pyrrole nitrogens is 1. The normalized spacial score (nSPS) is 18.3. The molecule has 0 radical (unpaired) electrons. The Bertz CT molecular complexity index is 689. The maximum absolute atomic E-state index is 11.9. The van der Waals surface area contributed by atoms with Gasteiger partial charge in [0.25, 0.3) is 5.56 Å². The smallest absolute Gasteiger partial charge is 0.309 e. The number of aromatic nitrogens is 2. The van der Waals surface area contributed by atoms with Crippen molar-refractivity contribution in [1.29, 1.82) is 0 Å². The molecular formula is C13H14N2O3S. The Hall–Kier alpha value is -1.69. The molecule has 0 aliphatic heterocycles. The van der Waals surface area contributed by atoms with Crippen LogP contribution in [0, 0.1) is 5.92 Å². The highest BCUT2D eigenvalue weighted by Crippen LogP contribution is 2.35. The third-order valence-corrected chi connectivity index (χ3v) is 4.67. The van der Waals surface area contributed by atoms with E-state index in [0.29, 0.717) is 18.4 Å². The number of carbonyl (C=O) groups is 1. The number of nitrogens with zero attached hydrogens (tertiary/aromatic N) is 1. The standard InChI is InChI=1S/C13H14N2O3S/c1-2-18-13(17)7-3-4-9-8(5-7)10-11(16)14-6-15-12(10)19-9/h6-7H,2-5H2,1H3,(H,14,15,16)/t7-/m1/s1. The highest BCUT2D eigenvalue weighted by molar-refractivity contribution is 7.18. The van der Waals surface area contributed by atoms with Crippen LogP contribution in [0.3, 0.4) is 0 Å². The van der Waals surface area contributed by atoms with E-state index in [2.05, 4.69) is 9.97 Å². The van der Waals surface area contributed by atoms with Crippen LogP contribution in [0.4, 0.5) is 0 Å². The van der Waals surface area contributed by atoms with Crippen molar-refractivity contribution in [3.8, 4) is 0 Å². The molecule has 2 heterocycles. The summed E-state index contributed by atoms with van der Waals surface area (Å²) in [7, 11) is 0. The summed E-state index contributed by atoms with van der Waals surface area (Å²) in [6.45, 7) is 2.20. The average molecular weight is 278 g/mol. The number of hydrogen-bond donors (Lipinski definition) is 1. The van der Waals surface area contributed by atoms with Crippen molar-refractivity contribution in [3.63, 3.8) is 0 Å². The summed E-state index contributed by atoms with van der Waals surface area (Å²) >= 11 is 1.56. The monoisotopic (exact) mass is 278 g/mol. The van der Waals surface area contributed by atoms with Crippen LogP contribution in [-0.4, -0.2) is 22.5 Å². The van der Waals surface area contributed by atoms with Crippen molar-refractivity contribution in [2.24, 2.45) is 5.92 Å². The van der Waals surface area contributed by atoms with Crippen LogP contribution in [0.2, 0.25) is 0 Å². The van der Waals surface area contributed by atoms with Crippen molar-refractivity contribution in [2.75, 3.05) is 6.61 Å². The Labute approximate surface area is 113 Å². The molecule has 1 aliphatic carbocycles. The molecule has 100 valence electrons. The predicted octanol–water partition coefficient (Wildman–Crippen LogP) is 1.65. The fourth-order valence-corrected chi connectivity index (χ4v) is 3.76. The Morgan fingerprint density at radius 1 is 1.63 bits per heavy atom. The molecule has 0 bridgehead atoms. The fraction of sp³-hybridized carbons (Fsp3) is 0.462. The van der Waals surface area contributed by atoms with Crippen LogP contribution in [0.15, 0.2) is 11.1 Å². The summed E-state index contributed by atoms with van der Waals surface area (Å²) < 4.78 is 5.08. The number of ether oxygens (including phenoxy) is 1. The van der Waals surface area contributed by atoms with E-state index >= 15 is 0 Å². The van der Waals surface area contributed by atoms with E-state index in [1.54, 1.807) is 18.3 Å². The molecule has 0 aromatic carbocycles. The van der Waals surface area contributed by atoms with E-state index in [9.17, 15) is 9.59 Å². The minimum Gasteiger partial charge on any atom is -0.466 e. The van der Waals surface area contributed by atoms with Crippen LogP contribution in [0.1, 0.15) is 23.8 Å². The first kappa shape index (κ1) is 12.3. The minimum atomic E-state index is -0.159. The van der Waals surface area contributed by atoms with Gasteiger partial charge in [0.05, 0.1) is 24.2 Å². The van der Waals surface area contributed by atoms with E-state index in [1.165, 1.54) is 11.2 Å². The van der Waals surface area contributed by atoms with Gasteiger partial charge in [-0.1, -0.05) is 0 Å². The van der Waals surface area contributed by atoms with E-state index in [1.807, 2.05) is 0 Å². The summed E-state index contributed by atoms with van der Waals surface area (Å²) in [5.74, 6) is -0.294. The predicted molar refractivity (Wildman–Crippen MR) is 72.4 cm³/mol. The number of aryl methyl sites for hydroxylation is 1. The third kappa shape index (κ3) is 2.06. The van der Waals surface area contributed by atoms with Gasteiger partial charge in [-0.25, -0.2) is 4.98 Å². The van der Waals surface area contributed by atoms with Gasteiger partial charge in [0.1, 0.15) is 4.83 Å². The second-order valence-corrected chi connectivity index (χ2v) is 5.69. The topological polar surface area (TPSA) is 72.0 Å². The molecule has 2 aromatic heterocycles. The van der Waals surface area contributed by atoms with Crippen LogP contribution in [-0.2, 0) is 22.4 Å². The molecule has 3 rings (SSSR count). The SMILES string of the molecule is CCOC(=O)[C@@H]1CCc2sc3nc[nH]c(=O)c3c2C1. The zero-order valence-electron chi connectivity index (χ0n) is 10.6. The molecule has 0 amide bonds. The summed E-state index contributed by atoms with van der Waals surface area (Å²) in [5, 5.41) is 0.650. The van der Waals surface area contributed by atoms with Gasteiger partial charge < -0.3 is 9.72 Å². The van der Waals surface area contributed by atoms with Gasteiger partial charge in [-0.3, -0.25) is 9.59 Å². The number of rotatable bonds is 2. The number of esters is 1. The molecule has 1 atom stereocenters. The quantitative estimate of drug-likeness (QED) is 0.848. The van der Waals surface area contributed by atoms with E-state index < -0.39 is 0 Å². The van der Waals surface area contributed by atoms with Crippen LogP contribution in [0.25, 0.3) is 10.2 Å². The van der Waals surface area contributed by atoms with Crippen molar-refractivity contribution in [1.82, 2.24) is 9.97 Å². The summed E-state index contributed by atoms with van der Waals surface area (Å²) in [4.78, 5) is 32.5. The maximum Gasteiger partial charge on any atom is 0.309 e.